The molecule has 0 aromatic carbocycles. The van der Waals surface area contributed by atoms with Crippen molar-refractivity contribution < 1.29 is 19.1 Å². The van der Waals surface area contributed by atoms with E-state index in [1.807, 2.05) is 13.0 Å². The maximum Gasteiger partial charge on any atom is 0.528 e. The summed E-state index contributed by atoms with van der Waals surface area (Å²) in [5.41, 5.74) is 1.95. The minimum atomic E-state index is -0.674. The molecule has 3 heterocycles. The lowest BCUT2D eigenvalue weighted by molar-refractivity contribution is -0.151. The second kappa shape index (κ2) is 9.32. The molecule has 0 radical (unpaired) electrons. The van der Waals surface area contributed by atoms with Crippen molar-refractivity contribution in [2.24, 2.45) is 0 Å². The van der Waals surface area contributed by atoms with Crippen LogP contribution in [0.4, 0.5) is 16.3 Å². The summed E-state index contributed by atoms with van der Waals surface area (Å²) >= 11 is 0. The number of hydrogen-bond acceptors (Lipinski definition) is 9. The van der Waals surface area contributed by atoms with Crippen LogP contribution in [0.2, 0.25) is 0 Å². The molecule has 0 unspecified atom stereocenters. The lowest BCUT2D eigenvalue weighted by atomic mass is 10.1. The van der Waals surface area contributed by atoms with Crippen LogP contribution >= 0.6 is 0 Å². The summed E-state index contributed by atoms with van der Waals surface area (Å²) in [7, 11) is 0. The van der Waals surface area contributed by atoms with Gasteiger partial charge in [-0.2, -0.15) is 0 Å². The van der Waals surface area contributed by atoms with Gasteiger partial charge in [-0.05, 0) is 32.4 Å². The minimum Gasteiger partial charge on any atom is -0.474 e. The van der Waals surface area contributed by atoms with E-state index in [9.17, 15) is 4.79 Å². The number of aromatic nitrogens is 3. The summed E-state index contributed by atoms with van der Waals surface area (Å²) in [5.74, 6) is 1.14. The number of nitrogens with one attached hydrogen (secondary N) is 1. The molecule has 9 nitrogen and oxygen atoms in total. The molecule has 1 N–H and O–H groups in total. The smallest absolute Gasteiger partial charge is 0.474 e. The first kappa shape index (κ1) is 19.8. The number of carbonyl (C=O) groups is 1. The third-order valence-electron chi connectivity index (χ3n) is 4.17. The van der Waals surface area contributed by atoms with Gasteiger partial charge in [-0.3, -0.25) is 4.98 Å². The van der Waals surface area contributed by atoms with Gasteiger partial charge in [0.1, 0.15) is 18.2 Å². The Hall–Kier alpha value is -2.94. The Morgan fingerprint density at radius 3 is 2.79 bits per heavy atom. The van der Waals surface area contributed by atoms with Gasteiger partial charge < -0.3 is 19.6 Å². The molecular weight excluding hydrogens is 362 g/mol. The summed E-state index contributed by atoms with van der Waals surface area (Å²) in [6.45, 7) is 6.70. The molecular formula is C19H25N5O4. The topological polar surface area (TPSA) is 98.7 Å². The number of aryl methyl sites for hydroxylation is 1. The Morgan fingerprint density at radius 1 is 1.29 bits per heavy atom. The van der Waals surface area contributed by atoms with Crippen molar-refractivity contribution in [3.63, 3.8) is 0 Å². The Labute approximate surface area is 164 Å². The fourth-order valence-corrected chi connectivity index (χ4v) is 2.74. The van der Waals surface area contributed by atoms with Crippen molar-refractivity contribution in [3.05, 3.63) is 36.4 Å². The summed E-state index contributed by atoms with van der Waals surface area (Å²) in [5, 5.41) is 4.82. The van der Waals surface area contributed by atoms with E-state index in [1.165, 1.54) is 6.33 Å². The number of ether oxygens (including phenoxy) is 2. The summed E-state index contributed by atoms with van der Waals surface area (Å²) in [4.78, 5) is 29.3. The number of rotatable bonds is 6. The van der Waals surface area contributed by atoms with Crippen LogP contribution in [0, 0.1) is 6.92 Å². The van der Waals surface area contributed by atoms with E-state index in [1.54, 1.807) is 37.4 Å². The number of hydroxylamine groups is 2. The van der Waals surface area contributed by atoms with Crippen molar-refractivity contribution in [3.8, 4) is 5.88 Å². The summed E-state index contributed by atoms with van der Waals surface area (Å²) in [6.07, 6.45) is 5.49. The fourth-order valence-electron chi connectivity index (χ4n) is 2.74. The first-order valence-corrected chi connectivity index (χ1v) is 9.29. The highest BCUT2D eigenvalue weighted by Crippen LogP contribution is 2.22. The highest BCUT2D eigenvalue weighted by molar-refractivity contribution is 5.60. The Morgan fingerprint density at radius 2 is 2.07 bits per heavy atom. The Kier molecular flexibility index (Phi) is 6.59. The molecule has 1 aliphatic rings. The predicted octanol–water partition coefficient (Wildman–Crippen LogP) is 3.24. The third kappa shape index (κ3) is 5.78. The molecule has 28 heavy (non-hydrogen) atoms. The van der Waals surface area contributed by atoms with Crippen molar-refractivity contribution in [2.75, 3.05) is 18.4 Å². The largest absolute Gasteiger partial charge is 0.528 e. The zero-order valence-corrected chi connectivity index (χ0v) is 16.3. The van der Waals surface area contributed by atoms with Crippen LogP contribution in [0.15, 0.2) is 30.9 Å². The van der Waals surface area contributed by atoms with Gasteiger partial charge in [-0.1, -0.05) is 0 Å². The molecule has 0 spiro atoms. The van der Waals surface area contributed by atoms with Crippen LogP contribution in [-0.4, -0.2) is 51.5 Å². The second-order valence-electron chi connectivity index (χ2n) is 6.81. The van der Waals surface area contributed by atoms with Gasteiger partial charge in [0.25, 0.3) is 0 Å². The van der Waals surface area contributed by atoms with E-state index in [0.717, 1.165) is 11.3 Å². The first-order chi connectivity index (χ1) is 13.5. The zero-order chi connectivity index (χ0) is 19.9. The second-order valence-corrected chi connectivity index (χ2v) is 6.81. The van der Waals surface area contributed by atoms with Crippen molar-refractivity contribution >= 4 is 17.7 Å². The van der Waals surface area contributed by atoms with E-state index in [2.05, 4.69) is 20.3 Å². The standard InChI is InChI=1S/C19H25N5O4/c1-13(2)26-19(25)28-24-8-5-15(6-9-24)27-18-10-17(21-12-22-18)23-16-11-20-7-4-14(16)3/h4,7,10-13,15H,5-6,8-9H2,1-3H3,(H,21,22,23). The highest BCUT2D eigenvalue weighted by Gasteiger charge is 2.24. The number of piperidine rings is 1. The average molecular weight is 387 g/mol. The van der Waals surface area contributed by atoms with E-state index in [4.69, 9.17) is 14.3 Å². The molecule has 3 rings (SSSR count). The molecule has 150 valence electrons. The lowest BCUT2D eigenvalue weighted by Crippen LogP contribution is -2.40. The molecule has 0 amide bonds. The van der Waals surface area contributed by atoms with Crippen molar-refractivity contribution in [1.82, 2.24) is 20.0 Å². The van der Waals surface area contributed by atoms with Gasteiger partial charge in [0.15, 0.2) is 0 Å². The molecule has 9 heteroatoms. The Balaban J connectivity index is 1.50. The maximum absolute atomic E-state index is 11.6. The number of anilines is 2. The van der Waals surface area contributed by atoms with Gasteiger partial charge in [0.05, 0.1) is 18.0 Å². The number of hydrogen-bond donors (Lipinski definition) is 1. The number of nitrogens with zero attached hydrogens (tertiary/aromatic N) is 4. The van der Waals surface area contributed by atoms with Crippen LogP contribution < -0.4 is 10.1 Å². The molecule has 0 aliphatic carbocycles. The van der Waals surface area contributed by atoms with Crippen LogP contribution in [0.1, 0.15) is 32.3 Å². The molecule has 1 fully saturated rings. The van der Waals surface area contributed by atoms with Gasteiger partial charge in [0, 0.05) is 38.2 Å². The molecule has 2 aromatic rings. The molecule has 2 aromatic heterocycles. The molecule has 0 atom stereocenters. The number of carbonyl (C=O) groups excluding carboxylic acids is 1. The van der Waals surface area contributed by atoms with Crippen LogP contribution in [0.3, 0.4) is 0 Å². The minimum absolute atomic E-state index is 0.0103. The highest BCUT2D eigenvalue weighted by atomic mass is 16.8. The molecule has 0 bridgehead atoms. The van der Waals surface area contributed by atoms with Crippen LogP contribution in [0.5, 0.6) is 5.88 Å². The fraction of sp³-hybridized carbons (Fsp3) is 0.474. The predicted molar refractivity (Wildman–Crippen MR) is 102 cm³/mol. The summed E-state index contributed by atoms with van der Waals surface area (Å²) < 4.78 is 11.0. The normalized spacial score (nSPS) is 15.3. The SMILES string of the molecule is Cc1ccncc1Nc1cc(OC2CCN(OC(=O)OC(C)C)CC2)ncn1. The maximum atomic E-state index is 11.6. The van der Waals surface area contributed by atoms with Crippen molar-refractivity contribution in [2.45, 2.75) is 45.8 Å². The molecule has 1 aliphatic heterocycles. The Bertz CT molecular complexity index is 793. The van der Waals surface area contributed by atoms with Gasteiger partial charge in [-0.25, -0.2) is 14.8 Å². The lowest BCUT2D eigenvalue weighted by Gasteiger charge is -2.30. The van der Waals surface area contributed by atoms with Gasteiger partial charge >= 0.3 is 6.16 Å². The quantitative estimate of drug-likeness (QED) is 0.749. The third-order valence-corrected chi connectivity index (χ3v) is 4.17. The van der Waals surface area contributed by atoms with E-state index >= 15 is 0 Å². The van der Waals surface area contributed by atoms with E-state index in [0.29, 0.717) is 37.6 Å². The monoisotopic (exact) mass is 387 g/mol. The first-order valence-electron chi connectivity index (χ1n) is 9.29. The van der Waals surface area contributed by atoms with Gasteiger partial charge in [-0.15, -0.1) is 5.06 Å². The molecule has 1 saturated heterocycles. The number of pyridine rings is 1. The van der Waals surface area contributed by atoms with E-state index < -0.39 is 6.16 Å². The van der Waals surface area contributed by atoms with E-state index in [-0.39, 0.29) is 12.2 Å². The zero-order valence-electron chi connectivity index (χ0n) is 16.3. The molecule has 0 saturated carbocycles. The van der Waals surface area contributed by atoms with Crippen molar-refractivity contribution in [1.29, 1.82) is 0 Å². The van der Waals surface area contributed by atoms with Crippen LogP contribution in [0.25, 0.3) is 0 Å². The van der Waals surface area contributed by atoms with Crippen LogP contribution in [-0.2, 0) is 9.57 Å². The average Bonchev–Trinajstić information content (AvgIpc) is 2.65. The summed E-state index contributed by atoms with van der Waals surface area (Å²) in [6, 6.07) is 3.68. The van der Waals surface area contributed by atoms with Gasteiger partial charge in [0.2, 0.25) is 5.88 Å².